The molecular weight excluding hydrogens is 396 g/mol. The highest BCUT2D eigenvalue weighted by molar-refractivity contribution is 5.81. The lowest BCUT2D eigenvalue weighted by molar-refractivity contribution is -0.151. The summed E-state index contributed by atoms with van der Waals surface area (Å²) in [5.74, 6) is 3.78. The van der Waals surface area contributed by atoms with Crippen molar-refractivity contribution in [2.75, 3.05) is 0 Å². The molecule has 4 aliphatic carbocycles. The number of hydrogen-bond acceptors (Lipinski definition) is 3. The molecule has 3 saturated carbocycles. The van der Waals surface area contributed by atoms with Crippen LogP contribution in [-0.2, 0) is 14.3 Å². The zero-order chi connectivity index (χ0) is 23.3. The van der Waals surface area contributed by atoms with Crippen molar-refractivity contribution in [1.82, 2.24) is 0 Å². The number of rotatable bonds is 6. The predicted molar refractivity (Wildman–Crippen MR) is 129 cm³/mol. The smallest absolute Gasteiger partial charge is 0.302 e. The molecule has 4 aliphatic rings. The Morgan fingerprint density at radius 1 is 1.09 bits per heavy atom. The van der Waals surface area contributed by atoms with Gasteiger partial charge in [-0.1, -0.05) is 46.3 Å². The van der Waals surface area contributed by atoms with Crippen LogP contribution in [0.2, 0.25) is 0 Å². The van der Waals surface area contributed by atoms with Crippen molar-refractivity contribution in [2.24, 2.45) is 46.3 Å². The minimum absolute atomic E-state index is 0.116. The molecule has 3 nitrogen and oxygen atoms in total. The molecule has 0 amide bonds. The van der Waals surface area contributed by atoms with Crippen LogP contribution in [0.1, 0.15) is 106 Å². The second-order valence-electron chi connectivity index (χ2n) is 12.7. The van der Waals surface area contributed by atoms with Gasteiger partial charge in [0.25, 0.3) is 0 Å². The lowest BCUT2D eigenvalue weighted by Crippen LogP contribution is -2.49. The van der Waals surface area contributed by atoms with E-state index in [9.17, 15) is 9.59 Å². The first-order valence-corrected chi connectivity index (χ1v) is 13.5. The summed E-state index contributed by atoms with van der Waals surface area (Å²) in [6, 6.07) is 0. The van der Waals surface area contributed by atoms with Gasteiger partial charge < -0.3 is 4.74 Å². The van der Waals surface area contributed by atoms with Crippen molar-refractivity contribution >= 4 is 11.8 Å². The van der Waals surface area contributed by atoms with Crippen LogP contribution in [0, 0.1) is 46.3 Å². The average Bonchev–Trinajstić information content (AvgIpc) is 3.08. The van der Waals surface area contributed by atoms with E-state index in [0.29, 0.717) is 29.5 Å². The normalized spacial score (nSPS) is 41.8. The zero-order valence-corrected chi connectivity index (χ0v) is 21.4. The number of carbonyl (C=O) groups is 2. The minimum atomic E-state index is -0.131. The number of ether oxygens (including phenoxy) is 1. The summed E-state index contributed by atoms with van der Waals surface area (Å²) in [5, 5.41) is 0. The predicted octanol–water partition coefficient (Wildman–Crippen LogP) is 7.14. The van der Waals surface area contributed by atoms with Crippen LogP contribution < -0.4 is 0 Å². The lowest BCUT2D eigenvalue weighted by Gasteiger charge is -2.57. The molecule has 0 aromatic rings. The maximum absolute atomic E-state index is 13.0. The van der Waals surface area contributed by atoms with E-state index < -0.39 is 0 Å². The first-order valence-electron chi connectivity index (χ1n) is 13.5. The quantitative estimate of drug-likeness (QED) is 0.324. The van der Waals surface area contributed by atoms with E-state index in [1.165, 1.54) is 25.7 Å². The standard InChI is InChI=1S/C29H46O3/c1-18(2)7-12-27(31)19(3)24-10-11-25-23-9-8-21-17-22(32-20(4)30)13-15-28(21,5)26(23)14-16-29(24,25)6/h14,18-19,21-25H,7-13,15-17H2,1-6H3/t19-,21-,22-,23-,24+,25-,28-,29+/m0/s1. The molecule has 3 fully saturated rings. The highest BCUT2D eigenvalue weighted by atomic mass is 16.5. The number of allylic oxidation sites excluding steroid dienone is 2. The fourth-order valence-electron chi connectivity index (χ4n) is 8.57. The van der Waals surface area contributed by atoms with Crippen LogP contribution in [0.3, 0.4) is 0 Å². The van der Waals surface area contributed by atoms with Gasteiger partial charge >= 0.3 is 5.97 Å². The Morgan fingerprint density at radius 2 is 1.84 bits per heavy atom. The Morgan fingerprint density at radius 3 is 2.53 bits per heavy atom. The summed E-state index contributed by atoms with van der Waals surface area (Å²) in [4.78, 5) is 24.5. The van der Waals surface area contributed by atoms with Crippen LogP contribution in [-0.4, -0.2) is 17.9 Å². The van der Waals surface area contributed by atoms with E-state index in [-0.39, 0.29) is 28.8 Å². The zero-order valence-electron chi connectivity index (χ0n) is 21.4. The van der Waals surface area contributed by atoms with Gasteiger partial charge in [-0.15, -0.1) is 0 Å². The van der Waals surface area contributed by atoms with Crippen molar-refractivity contribution in [3.63, 3.8) is 0 Å². The summed E-state index contributed by atoms with van der Waals surface area (Å²) in [7, 11) is 0. The maximum Gasteiger partial charge on any atom is 0.302 e. The molecule has 0 saturated heterocycles. The molecule has 0 bridgehead atoms. The summed E-state index contributed by atoms with van der Waals surface area (Å²) in [6.07, 6.45) is 13.9. The van der Waals surface area contributed by atoms with Crippen LogP contribution >= 0.6 is 0 Å². The third-order valence-electron chi connectivity index (χ3n) is 10.5. The van der Waals surface area contributed by atoms with E-state index in [1.807, 2.05) is 0 Å². The Balaban J connectivity index is 1.51. The third kappa shape index (κ3) is 4.11. The summed E-state index contributed by atoms with van der Waals surface area (Å²) in [6.45, 7) is 13.2. The molecule has 0 aromatic heterocycles. The first-order chi connectivity index (χ1) is 15.1. The molecule has 4 rings (SSSR count). The van der Waals surface area contributed by atoms with Gasteiger partial charge in [-0.3, -0.25) is 9.59 Å². The molecule has 0 aromatic carbocycles. The van der Waals surface area contributed by atoms with Crippen molar-refractivity contribution < 1.29 is 14.3 Å². The van der Waals surface area contributed by atoms with E-state index in [2.05, 4.69) is 40.7 Å². The topological polar surface area (TPSA) is 43.4 Å². The highest BCUT2D eigenvalue weighted by Gasteiger charge is 2.58. The van der Waals surface area contributed by atoms with Crippen molar-refractivity contribution in [2.45, 2.75) is 112 Å². The van der Waals surface area contributed by atoms with Gasteiger partial charge in [0.1, 0.15) is 11.9 Å². The Hall–Kier alpha value is -1.12. The number of carbonyl (C=O) groups excluding carboxylic acids is 2. The SMILES string of the molecule is CC(=O)O[C@H]1CC[C@]2(C)C3=CC[C@]4(C)[C@@H]([C@H](C)C(=O)CCC(C)C)CC[C@H]4[C@@H]3CC[C@H]2C1. The van der Waals surface area contributed by atoms with E-state index in [4.69, 9.17) is 4.74 Å². The first kappa shape index (κ1) is 24.0. The van der Waals surface area contributed by atoms with Crippen molar-refractivity contribution in [3.05, 3.63) is 11.6 Å². The fraction of sp³-hybridized carbons (Fsp3) is 0.862. The highest BCUT2D eigenvalue weighted by Crippen LogP contribution is 2.66. The van der Waals surface area contributed by atoms with Crippen molar-refractivity contribution in [3.8, 4) is 0 Å². The van der Waals surface area contributed by atoms with E-state index in [1.54, 1.807) is 12.5 Å². The van der Waals surface area contributed by atoms with Crippen molar-refractivity contribution in [1.29, 1.82) is 0 Å². The van der Waals surface area contributed by atoms with E-state index in [0.717, 1.165) is 44.4 Å². The Bertz CT molecular complexity index is 766. The molecule has 0 heterocycles. The number of esters is 1. The molecule has 0 N–H and O–H groups in total. The van der Waals surface area contributed by atoms with Crippen LogP contribution in [0.4, 0.5) is 0 Å². The summed E-state index contributed by atoms with van der Waals surface area (Å²) < 4.78 is 5.61. The number of fused-ring (bicyclic) bond motifs is 5. The maximum atomic E-state index is 13.0. The average molecular weight is 443 g/mol. The second-order valence-corrected chi connectivity index (χ2v) is 12.7. The van der Waals surface area contributed by atoms with Gasteiger partial charge in [-0.05, 0) is 98.2 Å². The summed E-state index contributed by atoms with van der Waals surface area (Å²) >= 11 is 0. The van der Waals surface area contributed by atoms with Gasteiger partial charge in [-0.2, -0.15) is 0 Å². The van der Waals surface area contributed by atoms with Crippen LogP contribution in [0.5, 0.6) is 0 Å². The summed E-state index contributed by atoms with van der Waals surface area (Å²) in [5.41, 5.74) is 2.29. The van der Waals surface area contributed by atoms with Gasteiger partial charge in [0.2, 0.25) is 0 Å². The molecule has 180 valence electrons. The van der Waals surface area contributed by atoms with Crippen LogP contribution in [0.15, 0.2) is 11.6 Å². The molecule has 0 aliphatic heterocycles. The van der Waals surface area contributed by atoms with Gasteiger partial charge in [0, 0.05) is 19.3 Å². The molecule has 3 heteroatoms. The fourth-order valence-corrected chi connectivity index (χ4v) is 8.57. The Kier molecular flexibility index (Phi) is 6.69. The third-order valence-corrected chi connectivity index (χ3v) is 10.5. The lowest BCUT2D eigenvalue weighted by atomic mass is 9.48. The van der Waals surface area contributed by atoms with Gasteiger partial charge in [-0.25, -0.2) is 0 Å². The largest absolute Gasteiger partial charge is 0.463 e. The molecule has 0 radical (unpaired) electrons. The number of Topliss-reactive ketones (excluding diaryl/α,β-unsaturated/α-hetero) is 1. The molecule has 8 atom stereocenters. The van der Waals surface area contributed by atoms with Gasteiger partial charge in [0.05, 0.1) is 0 Å². The molecule has 32 heavy (non-hydrogen) atoms. The monoisotopic (exact) mass is 442 g/mol. The molecule has 0 spiro atoms. The second kappa shape index (κ2) is 8.91. The molecule has 0 unspecified atom stereocenters. The van der Waals surface area contributed by atoms with Crippen LogP contribution in [0.25, 0.3) is 0 Å². The molecular formula is C29H46O3. The van der Waals surface area contributed by atoms with E-state index >= 15 is 0 Å². The Labute approximate surface area is 196 Å². The minimum Gasteiger partial charge on any atom is -0.463 e. The van der Waals surface area contributed by atoms with Gasteiger partial charge in [0.15, 0.2) is 0 Å². The number of hydrogen-bond donors (Lipinski definition) is 0. The number of ketones is 1.